The first-order valence-corrected chi connectivity index (χ1v) is 7.76. The van der Waals surface area contributed by atoms with E-state index in [1.807, 2.05) is 6.07 Å². The van der Waals surface area contributed by atoms with E-state index in [1.54, 1.807) is 0 Å². The quantitative estimate of drug-likeness (QED) is 0.909. The minimum atomic E-state index is 0.645. The molecule has 100 valence electrons. The molecule has 1 unspecified atom stereocenters. The van der Waals surface area contributed by atoms with Crippen LogP contribution in [-0.4, -0.2) is 24.0 Å². The Morgan fingerprint density at radius 3 is 2.94 bits per heavy atom. The average molecular weight is 332 g/mol. The standard InChI is InChI=1S/C14H20BrClN2/c15-13-5-4-11(9-14(13)16)10-18-8-2-1-3-12(18)6-7-17/h4-5,9,12H,1-3,6-8,10,17H2. The van der Waals surface area contributed by atoms with Crippen molar-refractivity contribution in [3.8, 4) is 0 Å². The topological polar surface area (TPSA) is 29.3 Å². The van der Waals surface area contributed by atoms with Gasteiger partial charge in [-0.25, -0.2) is 0 Å². The van der Waals surface area contributed by atoms with Gasteiger partial charge in [-0.2, -0.15) is 0 Å². The van der Waals surface area contributed by atoms with E-state index in [4.69, 9.17) is 17.3 Å². The number of benzene rings is 1. The highest BCUT2D eigenvalue weighted by molar-refractivity contribution is 9.10. The van der Waals surface area contributed by atoms with Crippen molar-refractivity contribution in [2.75, 3.05) is 13.1 Å². The lowest BCUT2D eigenvalue weighted by Gasteiger charge is -2.35. The van der Waals surface area contributed by atoms with E-state index in [9.17, 15) is 0 Å². The summed E-state index contributed by atoms with van der Waals surface area (Å²) in [6.07, 6.45) is 5.01. The molecule has 0 saturated carbocycles. The lowest BCUT2D eigenvalue weighted by molar-refractivity contribution is 0.134. The van der Waals surface area contributed by atoms with E-state index >= 15 is 0 Å². The van der Waals surface area contributed by atoms with Gasteiger partial charge in [0.1, 0.15) is 0 Å². The molecule has 1 aliphatic rings. The summed E-state index contributed by atoms with van der Waals surface area (Å²) in [6.45, 7) is 2.94. The molecule has 0 amide bonds. The second-order valence-electron chi connectivity index (χ2n) is 4.95. The summed E-state index contributed by atoms with van der Waals surface area (Å²) >= 11 is 9.57. The minimum absolute atomic E-state index is 0.645. The predicted molar refractivity (Wildman–Crippen MR) is 80.9 cm³/mol. The van der Waals surface area contributed by atoms with Gasteiger partial charge in [-0.1, -0.05) is 24.1 Å². The highest BCUT2D eigenvalue weighted by Gasteiger charge is 2.21. The first-order valence-electron chi connectivity index (χ1n) is 6.58. The Morgan fingerprint density at radius 2 is 2.22 bits per heavy atom. The monoisotopic (exact) mass is 330 g/mol. The molecule has 1 atom stereocenters. The number of nitrogens with zero attached hydrogens (tertiary/aromatic N) is 1. The molecule has 1 aromatic rings. The van der Waals surface area contributed by atoms with Crippen LogP contribution in [-0.2, 0) is 6.54 Å². The molecule has 18 heavy (non-hydrogen) atoms. The molecule has 0 bridgehead atoms. The first-order chi connectivity index (χ1) is 8.70. The van der Waals surface area contributed by atoms with Crippen molar-refractivity contribution in [3.63, 3.8) is 0 Å². The third-order valence-corrected chi connectivity index (χ3v) is 4.85. The molecular weight excluding hydrogens is 312 g/mol. The van der Waals surface area contributed by atoms with Crippen LogP contribution in [0.5, 0.6) is 0 Å². The Labute approximate surface area is 123 Å². The summed E-state index contributed by atoms with van der Waals surface area (Å²) in [5.41, 5.74) is 6.99. The largest absolute Gasteiger partial charge is 0.330 e. The Hall–Kier alpha value is -0.0900. The van der Waals surface area contributed by atoms with Gasteiger partial charge in [-0.15, -0.1) is 0 Å². The molecule has 1 heterocycles. The van der Waals surface area contributed by atoms with E-state index in [-0.39, 0.29) is 0 Å². The second-order valence-corrected chi connectivity index (χ2v) is 6.21. The fourth-order valence-electron chi connectivity index (χ4n) is 2.66. The zero-order chi connectivity index (χ0) is 13.0. The maximum absolute atomic E-state index is 6.14. The predicted octanol–water partition coefficient (Wildman–Crippen LogP) is 3.81. The van der Waals surface area contributed by atoms with Crippen molar-refractivity contribution in [3.05, 3.63) is 33.3 Å². The van der Waals surface area contributed by atoms with Crippen LogP contribution in [0.25, 0.3) is 0 Å². The molecule has 0 aliphatic carbocycles. The highest BCUT2D eigenvalue weighted by atomic mass is 79.9. The van der Waals surface area contributed by atoms with Crippen molar-refractivity contribution >= 4 is 27.5 Å². The SMILES string of the molecule is NCCC1CCCCN1Cc1ccc(Br)c(Cl)c1. The van der Waals surface area contributed by atoms with E-state index < -0.39 is 0 Å². The molecule has 1 aliphatic heterocycles. The van der Waals surface area contributed by atoms with Crippen LogP contribution in [0, 0.1) is 0 Å². The minimum Gasteiger partial charge on any atom is -0.330 e. The molecule has 2 rings (SSSR count). The summed E-state index contributed by atoms with van der Waals surface area (Å²) in [6, 6.07) is 6.87. The number of piperidine rings is 1. The van der Waals surface area contributed by atoms with Gasteiger partial charge in [0.25, 0.3) is 0 Å². The molecule has 1 fully saturated rings. The molecule has 0 spiro atoms. The molecule has 2 nitrogen and oxygen atoms in total. The number of hydrogen-bond acceptors (Lipinski definition) is 2. The van der Waals surface area contributed by atoms with Crippen LogP contribution in [0.2, 0.25) is 5.02 Å². The first kappa shape index (κ1) is 14.3. The zero-order valence-corrected chi connectivity index (χ0v) is 12.9. The maximum Gasteiger partial charge on any atom is 0.0551 e. The molecule has 4 heteroatoms. The second kappa shape index (κ2) is 6.90. The van der Waals surface area contributed by atoms with Crippen LogP contribution < -0.4 is 5.73 Å². The fourth-order valence-corrected chi connectivity index (χ4v) is 3.11. The van der Waals surface area contributed by atoms with Crippen molar-refractivity contribution < 1.29 is 0 Å². The third kappa shape index (κ3) is 3.70. The van der Waals surface area contributed by atoms with E-state index in [2.05, 4.69) is 33.0 Å². The number of likely N-dealkylation sites (tertiary alicyclic amines) is 1. The fraction of sp³-hybridized carbons (Fsp3) is 0.571. The van der Waals surface area contributed by atoms with Crippen molar-refractivity contribution in [1.29, 1.82) is 0 Å². The molecule has 0 radical (unpaired) electrons. The van der Waals surface area contributed by atoms with Crippen molar-refractivity contribution in [2.24, 2.45) is 5.73 Å². The maximum atomic E-state index is 6.14. The average Bonchev–Trinajstić information content (AvgIpc) is 2.37. The van der Waals surface area contributed by atoms with Gasteiger partial charge in [-0.05, 0) is 66.0 Å². The lowest BCUT2D eigenvalue weighted by Crippen LogP contribution is -2.40. The number of nitrogens with two attached hydrogens (primary N) is 1. The van der Waals surface area contributed by atoms with Crippen LogP contribution in [0.15, 0.2) is 22.7 Å². The molecule has 0 aromatic heterocycles. The van der Waals surface area contributed by atoms with Crippen LogP contribution in [0.3, 0.4) is 0 Å². The number of hydrogen-bond donors (Lipinski definition) is 1. The Kier molecular flexibility index (Phi) is 5.49. The summed E-state index contributed by atoms with van der Waals surface area (Å²) in [5, 5.41) is 0.792. The lowest BCUT2D eigenvalue weighted by atomic mass is 9.98. The van der Waals surface area contributed by atoms with E-state index in [0.29, 0.717) is 6.04 Å². The molecule has 2 N–H and O–H groups in total. The Morgan fingerprint density at radius 1 is 1.39 bits per heavy atom. The highest BCUT2D eigenvalue weighted by Crippen LogP contribution is 2.26. The summed E-state index contributed by atoms with van der Waals surface area (Å²) < 4.78 is 0.963. The van der Waals surface area contributed by atoms with Gasteiger partial charge in [0.15, 0.2) is 0 Å². The van der Waals surface area contributed by atoms with Crippen LogP contribution in [0.4, 0.5) is 0 Å². The van der Waals surface area contributed by atoms with Gasteiger partial charge >= 0.3 is 0 Å². The third-order valence-electron chi connectivity index (χ3n) is 3.62. The number of halogens is 2. The van der Waals surface area contributed by atoms with Gasteiger partial charge in [0, 0.05) is 17.1 Å². The van der Waals surface area contributed by atoms with Gasteiger partial charge in [0.05, 0.1) is 5.02 Å². The van der Waals surface area contributed by atoms with Crippen molar-refractivity contribution in [2.45, 2.75) is 38.3 Å². The van der Waals surface area contributed by atoms with Crippen LogP contribution >= 0.6 is 27.5 Å². The normalized spacial score (nSPS) is 21.2. The summed E-state index contributed by atoms with van der Waals surface area (Å²) in [5.74, 6) is 0. The molecule has 1 aromatic carbocycles. The number of rotatable bonds is 4. The zero-order valence-electron chi connectivity index (χ0n) is 10.5. The molecule has 1 saturated heterocycles. The Bertz CT molecular complexity index is 395. The summed E-state index contributed by atoms with van der Waals surface area (Å²) in [4.78, 5) is 2.55. The van der Waals surface area contributed by atoms with E-state index in [0.717, 1.165) is 29.0 Å². The van der Waals surface area contributed by atoms with E-state index in [1.165, 1.54) is 31.4 Å². The smallest absolute Gasteiger partial charge is 0.0551 e. The van der Waals surface area contributed by atoms with Crippen molar-refractivity contribution in [1.82, 2.24) is 4.90 Å². The van der Waals surface area contributed by atoms with Gasteiger partial charge in [0.2, 0.25) is 0 Å². The van der Waals surface area contributed by atoms with Crippen LogP contribution in [0.1, 0.15) is 31.2 Å². The molecular formula is C14H20BrClN2. The summed E-state index contributed by atoms with van der Waals surface area (Å²) in [7, 11) is 0. The Balaban J connectivity index is 2.03. The van der Waals surface area contributed by atoms with Gasteiger partial charge < -0.3 is 5.73 Å². The van der Waals surface area contributed by atoms with Gasteiger partial charge in [-0.3, -0.25) is 4.90 Å².